The molecule has 6 heteroatoms. The molecule has 0 aliphatic carbocycles. The van der Waals surface area contributed by atoms with Crippen LogP contribution in [0, 0.1) is 5.41 Å². The van der Waals surface area contributed by atoms with E-state index in [1.54, 1.807) is 7.11 Å². The fraction of sp³-hybridized carbons (Fsp3) is 0.556. The molecule has 0 bridgehead atoms. The second kappa shape index (κ2) is 7.66. The van der Waals surface area contributed by atoms with Crippen LogP contribution in [0.25, 0.3) is 0 Å². The summed E-state index contributed by atoms with van der Waals surface area (Å²) in [6, 6.07) is 7.07. The summed E-state index contributed by atoms with van der Waals surface area (Å²) in [5.41, 5.74) is 6.70. The number of benzene rings is 1. The molecule has 1 saturated heterocycles. The number of amides is 2. The van der Waals surface area contributed by atoms with Crippen molar-refractivity contribution in [2.24, 2.45) is 11.1 Å². The Balaban J connectivity index is 2.08. The largest absolute Gasteiger partial charge is 0.497 e. The average molecular weight is 333 g/mol. The number of rotatable bonds is 6. The maximum absolute atomic E-state index is 12.6. The van der Waals surface area contributed by atoms with E-state index in [-0.39, 0.29) is 29.7 Å². The molecular formula is C18H27N3O3. The second-order valence-corrected chi connectivity index (χ2v) is 6.81. The molecule has 0 saturated carbocycles. The van der Waals surface area contributed by atoms with E-state index in [9.17, 15) is 9.59 Å². The summed E-state index contributed by atoms with van der Waals surface area (Å²) >= 11 is 0. The number of carbonyl (C=O) groups excluding carboxylic acids is 2. The van der Waals surface area contributed by atoms with Crippen LogP contribution in [0.3, 0.4) is 0 Å². The van der Waals surface area contributed by atoms with Crippen LogP contribution >= 0.6 is 0 Å². The molecule has 2 amide bonds. The minimum Gasteiger partial charge on any atom is -0.497 e. The first-order valence-corrected chi connectivity index (χ1v) is 8.26. The number of likely N-dealkylation sites (tertiary alicyclic amines) is 1. The summed E-state index contributed by atoms with van der Waals surface area (Å²) in [5, 5.41) is 2.87. The van der Waals surface area contributed by atoms with Crippen LogP contribution in [0.1, 0.15) is 38.3 Å². The highest BCUT2D eigenvalue weighted by molar-refractivity contribution is 5.79. The number of hydrogen-bond donors (Lipinski definition) is 2. The molecule has 0 radical (unpaired) electrons. The maximum atomic E-state index is 12.6. The average Bonchev–Trinajstić information content (AvgIpc) is 2.97. The highest BCUT2D eigenvalue weighted by Crippen LogP contribution is 2.30. The van der Waals surface area contributed by atoms with Crippen molar-refractivity contribution in [2.75, 3.05) is 26.7 Å². The molecule has 1 fully saturated rings. The maximum Gasteiger partial charge on any atom is 0.225 e. The number of ether oxygens (including phenoxy) is 1. The van der Waals surface area contributed by atoms with Gasteiger partial charge in [-0.1, -0.05) is 19.1 Å². The molecule has 2 unspecified atom stereocenters. The van der Waals surface area contributed by atoms with Crippen LogP contribution in [0.5, 0.6) is 5.75 Å². The van der Waals surface area contributed by atoms with E-state index in [0.29, 0.717) is 13.1 Å². The van der Waals surface area contributed by atoms with Gasteiger partial charge in [-0.3, -0.25) is 9.59 Å². The number of nitrogens with zero attached hydrogens (tertiary/aromatic N) is 1. The van der Waals surface area contributed by atoms with E-state index in [0.717, 1.165) is 24.3 Å². The van der Waals surface area contributed by atoms with Gasteiger partial charge in [-0.2, -0.15) is 0 Å². The van der Waals surface area contributed by atoms with Gasteiger partial charge in [0.15, 0.2) is 0 Å². The third-order valence-corrected chi connectivity index (χ3v) is 4.68. The molecule has 24 heavy (non-hydrogen) atoms. The molecule has 1 aromatic rings. The van der Waals surface area contributed by atoms with Gasteiger partial charge in [0, 0.05) is 20.0 Å². The van der Waals surface area contributed by atoms with Crippen molar-refractivity contribution in [3.8, 4) is 5.75 Å². The van der Waals surface area contributed by atoms with Gasteiger partial charge in [-0.15, -0.1) is 0 Å². The lowest BCUT2D eigenvalue weighted by Gasteiger charge is -2.25. The quantitative estimate of drug-likeness (QED) is 0.825. The lowest BCUT2D eigenvalue weighted by atomic mass is 9.90. The molecule has 2 rings (SSSR count). The van der Waals surface area contributed by atoms with Gasteiger partial charge in [0.1, 0.15) is 5.75 Å². The zero-order chi connectivity index (χ0) is 17.7. The van der Waals surface area contributed by atoms with Gasteiger partial charge in [0.2, 0.25) is 11.8 Å². The van der Waals surface area contributed by atoms with Crippen LogP contribution < -0.4 is 15.8 Å². The standard InChI is InChI=1S/C18H27N3O3/c1-13(22)20-16(14-4-6-15(24-3)7-5-14)10-17(23)21-9-8-18(2,11-19)12-21/h4-7,16H,8-12,19H2,1-3H3,(H,20,22). The molecule has 1 aliphatic rings. The summed E-state index contributed by atoms with van der Waals surface area (Å²) in [4.78, 5) is 26.0. The summed E-state index contributed by atoms with van der Waals surface area (Å²) < 4.78 is 5.15. The molecule has 0 aromatic heterocycles. The third kappa shape index (κ3) is 4.47. The summed E-state index contributed by atoms with van der Waals surface area (Å²) in [6.07, 6.45) is 1.16. The SMILES string of the molecule is COc1ccc(C(CC(=O)N2CCC(C)(CN)C2)NC(C)=O)cc1. The van der Waals surface area contributed by atoms with Crippen molar-refractivity contribution < 1.29 is 14.3 Å². The molecule has 1 heterocycles. The Labute approximate surface area is 143 Å². The zero-order valence-corrected chi connectivity index (χ0v) is 14.7. The van der Waals surface area contributed by atoms with Gasteiger partial charge in [0.05, 0.1) is 19.6 Å². The molecular weight excluding hydrogens is 306 g/mol. The first-order chi connectivity index (χ1) is 11.4. The minimum atomic E-state index is -0.342. The Hall–Kier alpha value is -2.08. The van der Waals surface area contributed by atoms with Crippen molar-refractivity contribution >= 4 is 11.8 Å². The van der Waals surface area contributed by atoms with Crippen LogP contribution in [-0.2, 0) is 9.59 Å². The summed E-state index contributed by atoms with van der Waals surface area (Å²) in [7, 11) is 1.60. The predicted molar refractivity (Wildman–Crippen MR) is 92.5 cm³/mol. The molecule has 3 N–H and O–H groups in total. The Morgan fingerprint density at radius 1 is 1.38 bits per heavy atom. The summed E-state index contributed by atoms with van der Waals surface area (Å²) in [5.74, 6) is 0.628. The normalized spacial score (nSPS) is 21.4. The second-order valence-electron chi connectivity index (χ2n) is 6.81. The highest BCUT2D eigenvalue weighted by Gasteiger charge is 2.35. The third-order valence-electron chi connectivity index (χ3n) is 4.68. The van der Waals surface area contributed by atoms with Crippen LogP contribution in [0.4, 0.5) is 0 Å². The lowest BCUT2D eigenvalue weighted by Crippen LogP contribution is -2.37. The molecule has 1 aromatic carbocycles. The lowest BCUT2D eigenvalue weighted by molar-refractivity contribution is -0.131. The van der Waals surface area contributed by atoms with E-state index in [4.69, 9.17) is 10.5 Å². The number of nitrogens with two attached hydrogens (primary N) is 1. The first-order valence-electron chi connectivity index (χ1n) is 8.26. The van der Waals surface area contributed by atoms with Gasteiger partial charge < -0.3 is 20.7 Å². The Bertz CT molecular complexity index is 588. The number of carbonyl (C=O) groups is 2. The van der Waals surface area contributed by atoms with E-state index in [1.807, 2.05) is 29.2 Å². The Kier molecular flexibility index (Phi) is 5.83. The van der Waals surface area contributed by atoms with E-state index >= 15 is 0 Å². The van der Waals surface area contributed by atoms with Gasteiger partial charge in [-0.25, -0.2) is 0 Å². The van der Waals surface area contributed by atoms with Crippen molar-refractivity contribution in [3.05, 3.63) is 29.8 Å². The van der Waals surface area contributed by atoms with E-state index < -0.39 is 0 Å². The molecule has 0 spiro atoms. The van der Waals surface area contributed by atoms with E-state index in [2.05, 4.69) is 12.2 Å². The van der Waals surface area contributed by atoms with Crippen molar-refractivity contribution in [1.82, 2.24) is 10.2 Å². The van der Waals surface area contributed by atoms with Gasteiger partial charge >= 0.3 is 0 Å². The highest BCUT2D eigenvalue weighted by atomic mass is 16.5. The Morgan fingerprint density at radius 2 is 2.04 bits per heavy atom. The van der Waals surface area contributed by atoms with Crippen molar-refractivity contribution in [3.63, 3.8) is 0 Å². The molecule has 132 valence electrons. The van der Waals surface area contributed by atoms with Crippen molar-refractivity contribution in [1.29, 1.82) is 0 Å². The van der Waals surface area contributed by atoms with Crippen LogP contribution in [-0.4, -0.2) is 43.5 Å². The number of hydrogen-bond acceptors (Lipinski definition) is 4. The smallest absolute Gasteiger partial charge is 0.225 e. The topological polar surface area (TPSA) is 84.7 Å². The van der Waals surface area contributed by atoms with Crippen LogP contribution in [0.2, 0.25) is 0 Å². The van der Waals surface area contributed by atoms with E-state index in [1.165, 1.54) is 6.92 Å². The molecule has 1 aliphatic heterocycles. The monoisotopic (exact) mass is 333 g/mol. The number of nitrogens with one attached hydrogen (secondary N) is 1. The molecule has 6 nitrogen and oxygen atoms in total. The Morgan fingerprint density at radius 3 is 2.54 bits per heavy atom. The predicted octanol–water partition coefficient (Wildman–Crippen LogP) is 1.46. The fourth-order valence-electron chi connectivity index (χ4n) is 3.04. The molecule has 2 atom stereocenters. The van der Waals surface area contributed by atoms with Gasteiger partial charge in [-0.05, 0) is 36.1 Å². The number of methoxy groups -OCH3 is 1. The zero-order valence-electron chi connectivity index (χ0n) is 14.7. The van der Waals surface area contributed by atoms with Gasteiger partial charge in [0.25, 0.3) is 0 Å². The fourth-order valence-corrected chi connectivity index (χ4v) is 3.04. The first kappa shape index (κ1) is 18.3. The minimum absolute atomic E-state index is 0.000720. The van der Waals surface area contributed by atoms with Crippen LogP contribution in [0.15, 0.2) is 24.3 Å². The summed E-state index contributed by atoms with van der Waals surface area (Å²) in [6.45, 7) is 5.54. The van der Waals surface area contributed by atoms with Crippen molar-refractivity contribution in [2.45, 2.75) is 32.7 Å².